The molecule has 3 unspecified atom stereocenters. The van der Waals surface area contributed by atoms with Crippen LogP contribution in [0.5, 0.6) is 0 Å². The summed E-state index contributed by atoms with van der Waals surface area (Å²) in [5.41, 5.74) is 4.45. The number of carbonyl (C=O) groups is 1. The standard InChI is InChI=1S/C60H106N2O2S.C2H6/c1-21-22-28-54(63)62(53-37-33-51(34-38-53)41-50-31-35-52(36-32-50)61-47(6)30-29-44(2)3)39-25-40-64-49(8)60(20,56(12,13)14)43-57(15,16)58(17,18)59(19,42-55(9,10)11)46(5)27-24-23-26-45(4)48(7)65;1-2/h21,48,50-53,61,65H,1-2,4-6,8,22-43H2,3,7,9-20H3;1-2H3. The molecule has 4 nitrogen and oxygen atoms in total. The highest BCUT2D eigenvalue weighted by Crippen LogP contribution is 2.64. The molecule has 0 radical (unpaired) electrons. The highest BCUT2D eigenvalue weighted by Gasteiger charge is 2.56. The average Bonchev–Trinajstić information content (AvgIpc) is 3.23. The molecule has 2 saturated carbocycles. The fourth-order valence-corrected chi connectivity index (χ4v) is 11.7. The summed E-state index contributed by atoms with van der Waals surface area (Å²) >= 11 is 4.61. The summed E-state index contributed by atoms with van der Waals surface area (Å²) in [6.45, 7) is 64.6. The van der Waals surface area contributed by atoms with Crippen LogP contribution in [0.4, 0.5) is 0 Å². The first-order valence-corrected chi connectivity index (χ1v) is 27.8. The molecule has 2 aliphatic rings. The van der Waals surface area contributed by atoms with Crippen LogP contribution in [0.3, 0.4) is 0 Å². The molecule has 2 aliphatic carbocycles. The molecule has 0 spiro atoms. The van der Waals surface area contributed by atoms with Gasteiger partial charge in [-0.15, -0.1) is 13.2 Å². The number of amides is 1. The molecule has 1 amide bonds. The highest BCUT2D eigenvalue weighted by atomic mass is 32.1. The molecule has 1 N–H and O–H groups in total. The molecule has 2 rings (SSSR count). The second-order valence-electron chi connectivity index (χ2n) is 25.4. The number of ether oxygens (including phenoxy) is 1. The summed E-state index contributed by atoms with van der Waals surface area (Å²) in [7, 11) is 0. The fourth-order valence-electron chi connectivity index (χ4n) is 11.6. The summed E-state index contributed by atoms with van der Waals surface area (Å²) in [5, 5.41) is 3.96. The maximum atomic E-state index is 13.8. The first-order valence-electron chi connectivity index (χ1n) is 27.3. The molecule has 388 valence electrons. The van der Waals surface area contributed by atoms with Gasteiger partial charge in [-0.25, -0.2) is 0 Å². The minimum atomic E-state index is -0.297. The van der Waals surface area contributed by atoms with Crippen molar-refractivity contribution in [3.8, 4) is 0 Å². The number of allylic oxidation sites excluding steroid dienone is 5. The summed E-state index contributed by atoms with van der Waals surface area (Å²) in [6, 6.07) is 0.885. The Bertz CT molecular complexity index is 1570. The van der Waals surface area contributed by atoms with Crippen molar-refractivity contribution >= 4 is 18.5 Å². The Balaban J connectivity index is 0.0000111. The third-order valence-electron chi connectivity index (χ3n) is 17.4. The van der Waals surface area contributed by atoms with Gasteiger partial charge in [-0.1, -0.05) is 146 Å². The third kappa shape index (κ3) is 19.5. The van der Waals surface area contributed by atoms with Gasteiger partial charge in [0.05, 0.1) is 12.4 Å². The lowest BCUT2D eigenvalue weighted by atomic mass is 9.45. The zero-order chi connectivity index (χ0) is 51.6. The van der Waals surface area contributed by atoms with Crippen LogP contribution in [-0.4, -0.2) is 41.3 Å². The predicted molar refractivity (Wildman–Crippen MR) is 302 cm³/mol. The van der Waals surface area contributed by atoms with Gasteiger partial charge in [-0.2, -0.15) is 12.6 Å². The molecule has 5 heteroatoms. The Morgan fingerprint density at radius 1 is 0.731 bits per heavy atom. The minimum absolute atomic E-state index is 0.0933. The van der Waals surface area contributed by atoms with Crippen LogP contribution in [0.25, 0.3) is 0 Å². The van der Waals surface area contributed by atoms with E-state index in [1.165, 1.54) is 67.4 Å². The number of thiol groups is 1. The van der Waals surface area contributed by atoms with Crippen LogP contribution in [0.1, 0.15) is 239 Å². The number of hydrogen-bond donors (Lipinski definition) is 2. The van der Waals surface area contributed by atoms with Crippen molar-refractivity contribution in [2.75, 3.05) is 13.2 Å². The Kier molecular flexibility index (Phi) is 26.3. The molecule has 0 aromatic heterocycles. The quantitative estimate of drug-likeness (QED) is 0.0340. The van der Waals surface area contributed by atoms with Gasteiger partial charge in [0.15, 0.2) is 0 Å². The Morgan fingerprint density at radius 3 is 1.76 bits per heavy atom. The van der Waals surface area contributed by atoms with Crippen LogP contribution in [0.2, 0.25) is 0 Å². The van der Waals surface area contributed by atoms with Gasteiger partial charge >= 0.3 is 0 Å². The molecule has 0 saturated heterocycles. The van der Waals surface area contributed by atoms with E-state index < -0.39 is 0 Å². The largest absolute Gasteiger partial charge is 0.498 e. The van der Waals surface area contributed by atoms with Gasteiger partial charge < -0.3 is 15.0 Å². The lowest BCUT2D eigenvalue weighted by Gasteiger charge is -2.59. The molecule has 0 bridgehead atoms. The molecule has 2 fully saturated rings. The summed E-state index contributed by atoms with van der Waals surface area (Å²) in [5.74, 6) is 2.73. The zero-order valence-corrected chi connectivity index (χ0v) is 48.4. The van der Waals surface area contributed by atoms with E-state index in [1.54, 1.807) is 0 Å². The molecule has 3 atom stereocenters. The van der Waals surface area contributed by atoms with Crippen LogP contribution >= 0.6 is 12.6 Å². The molecular weight excluding hydrogens is 837 g/mol. The van der Waals surface area contributed by atoms with Crippen molar-refractivity contribution in [2.45, 2.75) is 257 Å². The van der Waals surface area contributed by atoms with Crippen LogP contribution < -0.4 is 5.32 Å². The Morgan fingerprint density at radius 2 is 1.27 bits per heavy atom. The van der Waals surface area contributed by atoms with Gasteiger partial charge in [0.25, 0.3) is 0 Å². The first-order chi connectivity index (χ1) is 30.9. The van der Waals surface area contributed by atoms with Gasteiger partial charge in [0.2, 0.25) is 5.91 Å². The average molecular weight is 950 g/mol. The number of carbonyl (C=O) groups excluding carboxylic acids is 1. The first kappa shape index (κ1) is 62.9. The van der Waals surface area contributed by atoms with E-state index in [2.05, 4.69) is 146 Å². The second kappa shape index (κ2) is 28.0. The van der Waals surface area contributed by atoms with Gasteiger partial charge in [0, 0.05) is 41.4 Å². The predicted octanol–water partition coefficient (Wildman–Crippen LogP) is 18.6. The van der Waals surface area contributed by atoms with Crippen molar-refractivity contribution in [1.29, 1.82) is 0 Å². The van der Waals surface area contributed by atoms with Crippen molar-refractivity contribution in [1.82, 2.24) is 10.2 Å². The van der Waals surface area contributed by atoms with Gasteiger partial charge in [-0.05, 0) is 175 Å². The molecule has 0 aromatic rings. The molecule has 0 aromatic carbocycles. The maximum absolute atomic E-state index is 13.8. The molecule has 0 heterocycles. The number of nitrogens with zero attached hydrogens (tertiary/aromatic N) is 1. The SMILES string of the molecule is C=CCCC(=O)N(CCCOC(=C)C(C)(CC(C)(C)C(C)(C)C(C)(CC(C)(C)C)C(=C)CCCCC(=C)C(C)S)C(C)(C)C)C1CCC(CC2CCC(NC(=C)CCC(=C)C)CC2)CC1.CC. The van der Waals surface area contributed by atoms with Crippen LogP contribution in [0, 0.1) is 44.3 Å². The molecule has 67 heavy (non-hydrogen) atoms. The highest BCUT2D eigenvalue weighted by molar-refractivity contribution is 7.81. The smallest absolute Gasteiger partial charge is 0.223 e. The van der Waals surface area contributed by atoms with E-state index >= 15 is 0 Å². The van der Waals surface area contributed by atoms with Crippen molar-refractivity contribution in [2.24, 2.45) is 44.3 Å². The van der Waals surface area contributed by atoms with Crippen molar-refractivity contribution in [3.05, 3.63) is 73.7 Å². The monoisotopic (exact) mass is 949 g/mol. The van der Waals surface area contributed by atoms with Crippen molar-refractivity contribution in [3.63, 3.8) is 0 Å². The Labute approximate surface area is 424 Å². The normalized spacial score (nSPS) is 21.6. The fraction of sp³-hybridized carbons (Fsp3) is 0.790. The summed E-state index contributed by atoms with van der Waals surface area (Å²) in [6.07, 6.45) is 23.4. The van der Waals surface area contributed by atoms with Crippen LogP contribution in [0.15, 0.2) is 73.7 Å². The van der Waals surface area contributed by atoms with E-state index in [9.17, 15) is 4.79 Å². The zero-order valence-electron chi connectivity index (χ0n) is 47.5. The van der Waals surface area contributed by atoms with E-state index in [0.717, 1.165) is 101 Å². The van der Waals surface area contributed by atoms with E-state index in [4.69, 9.17) is 17.9 Å². The topological polar surface area (TPSA) is 41.6 Å². The van der Waals surface area contributed by atoms with Gasteiger partial charge in [-0.3, -0.25) is 4.79 Å². The maximum Gasteiger partial charge on any atom is 0.223 e. The summed E-state index contributed by atoms with van der Waals surface area (Å²) < 4.78 is 6.77. The van der Waals surface area contributed by atoms with E-state index in [0.29, 0.717) is 25.1 Å². The Hall–Kier alpha value is -2.14. The lowest BCUT2D eigenvalue weighted by Crippen LogP contribution is -2.52. The molecular formula is C62H112N2O2S. The summed E-state index contributed by atoms with van der Waals surface area (Å²) in [4.78, 5) is 16.0. The molecule has 0 aliphatic heterocycles. The lowest BCUT2D eigenvalue weighted by molar-refractivity contribution is -0.134. The second-order valence-corrected chi connectivity index (χ2v) is 26.1. The number of hydrogen-bond acceptors (Lipinski definition) is 4. The van der Waals surface area contributed by atoms with Crippen molar-refractivity contribution < 1.29 is 9.53 Å². The van der Waals surface area contributed by atoms with E-state index in [-0.39, 0.29) is 43.6 Å². The number of nitrogens with one attached hydrogen (secondary N) is 1. The minimum Gasteiger partial charge on any atom is -0.498 e. The third-order valence-corrected chi connectivity index (χ3v) is 17.7. The van der Waals surface area contributed by atoms with Gasteiger partial charge in [0.1, 0.15) is 0 Å². The number of unbranched alkanes of at least 4 members (excludes halogenated alkanes) is 1. The number of rotatable bonds is 29. The van der Waals surface area contributed by atoms with E-state index in [1.807, 2.05) is 19.9 Å². The van der Waals surface area contributed by atoms with Crippen LogP contribution in [-0.2, 0) is 9.53 Å².